The topological polar surface area (TPSA) is 69.8 Å². The Morgan fingerprint density at radius 2 is 1.96 bits per heavy atom. The highest BCUT2D eigenvalue weighted by atomic mass is 32.2. The Kier molecular flexibility index (Phi) is 4.28. The zero-order chi connectivity index (χ0) is 16.4. The summed E-state index contributed by atoms with van der Waals surface area (Å²) >= 11 is 1.45. The molecular formula is C18H15N3OS. The molecule has 1 aromatic carbocycles. The van der Waals surface area contributed by atoms with Gasteiger partial charge in [0.2, 0.25) is 0 Å². The SMILES string of the molecule is CSc1nc(-c2cc(C)c3ccc(CO)cc3n2)ccc1C#N. The van der Waals surface area contributed by atoms with Gasteiger partial charge in [0, 0.05) is 5.39 Å². The fourth-order valence-electron chi connectivity index (χ4n) is 2.50. The van der Waals surface area contributed by atoms with Crippen molar-refractivity contribution in [3.05, 3.63) is 53.1 Å². The van der Waals surface area contributed by atoms with Crippen LogP contribution in [0.2, 0.25) is 0 Å². The second-order valence-electron chi connectivity index (χ2n) is 5.20. The Hall–Kier alpha value is -2.42. The van der Waals surface area contributed by atoms with E-state index in [1.165, 1.54) is 11.8 Å². The highest BCUT2D eigenvalue weighted by Gasteiger charge is 2.10. The van der Waals surface area contributed by atoms with Crippen LogP contribution >= 0.6 is 11.8 Å². The molecule has 4 nitrogen and oxygen atoms in total. The predicted octanol–water partition coefficient (Wildman–Crippen LogP) is 3.69. The molecular weight excluding hydrogens is 306 g/mol. The van der Waals surface area contributed by atoms with Crippen LogP contribution in [0.1, 0.15) is 16.7 Å². The first kappa shape index (κ1) is 15.5. The van der Waals surface area contributed by atoms with Gasteiger partial charge in [-0.3, -0.25) is 0 Å². The lowest BCUT2D eigenvalue weighted by Gasteiger charge is -2.09. The van der Waals surface area contributed by atoms with Crippen molar-refractivity contribution in [3.8, 4) is 17.5 Å². The van der Waals surface area contributed by atoms with Crippen LogP contribution in [0.15, 0.2) is 41.4 Å². The Morgan fingerprint density at radius 1 is 1.13 bits per heavy atom. The van der Waals surface area contributed by atoms with E-state index in [9.17, 15) is 5.11 Å². The summed E-state index contributed by atoms with van der Waals surface area (Å²) in [6.07, 6.45) is 1.90. The Labute approximate surface area is 138 Å². The number of pyridine rings is 2. The second kappa shape index (κ2) is 6.37. The number of hydrogen-bond acceptors (Lipinski definition) is 5. The Balaban J connectivity index is 2.18. The van der Waals surface area contributed by atoms with Gasteiger partial charge in [0.1, 0.15) is 11.1 Å². The van der Waals surface area contributed by atoms with Crippen LogP contribution in [0.5, 0.6) is 0 Å². The first-order chi connectivity index (χ1) is 11.2. The lowest BCUT2D eigenvalue weighted by Crippen LogP contribution is -1.95. The third-order valence-electron chi connectivity index (χ3n) is 3.70. The van der Waals surface area contributed by atoms with Crippen LogP contribution in [-0.2, 0) is 6.61 Å². The number of aliphatic hydroxyl groups is 1. The van der Waals surface area contributed by atoms with Crippen LogP contribution in [0.25, 0.3) is 22.3 Å². The normalized spacial score (nSPS) is 10.7. The Morgan fingerprint density at radius 3 is 2.65 bits per heavy atom. The minimum absolute atomic E-state index is 0.00731. The summed E-state index contributed by atoms with van der Waals surface area (Å²) in [6, 6.07) is 13.5. The molecule has 0 amide bonds. The molecule has 23 heavy (non-hydrogen) atoms. The number of hydrogen-bond donors (Lipinski definition) is 1. The summed E-state index contributed by atoms with van der Waals surface area (Å²) in [5.74, 6) is 0. The molecule has 0 aliphatic carbocycles. The standard InChI is InChI=1S/C18H15N3OS/c1-11-7-17(15-6-4-13(9-19)18(21-15)23-2)20-16-8-12(10-22)3-5-14(11)16/h3-8,22H,10H2,1-2H3. The molecule has 0 saturated carbocycles. The number of aromatic nitrogens is 2. The molecule has 0 atom stereocenters. The number of fused-ring (bicyclic) bond motifs is 1. The average Bonchev–Trinajstić information content (AvgIpc) is 2.60. The van der Waals surface area contributed by atoms with E-state index in [1.54, 1.807) is 6.07 Å². The smallest absolute Gasteiger partial charge is 0.114 e. The number of nitriles is 1. The van der Waals surface area contributed by atoms with E-state index < -0.39 is 0 Å². The lowest BCUT2D eigenvalue weighted by atomic mass is 10.1. The number of thioether (sulfide) groups is 1. The van der Waals surface area contributed by atoms with Crippen molar-refractivity contribution < 1.29 is 5.11 Å². The number of aryl methyl sites for hydroxylation is 1. The summed E-state index contributed by atoms with van der Waals surface area (Å²) < 4.78 is 0. The molecule has 2 heterocycles. The van der Waals surface area contributed by atoms with Gasteiger partial charge in [-0.2, -0.15) is 5.26 Å². The average molecular weight is 321 g/mol. The maximum absolute atomic E-state index is 9.31. The molecule has 3 rings (SSSR count). The molecule has 0 aliphatic rings. The molecule has 0 unspecified atom stereocenters. The minimum Gasteiger partial charge on any atom is -0.392 e. The first-order valence-corrected chi connectivity index (χ1v) is 8.35. The van der Waals surface area contributed by atoms with Gasteiger partial charge >= 0.3 is 0 Å². The van der Waals surface area contributed by atoms with E-state index >= 15 is 0 Å². The number of benzene rings is 1. The van der Waals surface area contributed by atoms with Gasteiger partial charge in [-0.05, 0) is 48.6 Å². The largest absolute Gasteiger partial charge is 0.392 e. The predicted molar refractivity (Wildman–Crippen MR) is 92.1 cm³/mol. The van der Waals surface area contributed by atoms with E-state index in [1.807, 2.05) is 43.5 Å². The monoisotopic (exact) mass is 321 g/mol. The lowest BCUT2D eigenvalue weighted by molar-refractivity contribution is 0.282. The molecule has 1 N–H and O–H groups in total. The fourth-order valence-corrected chi connectivity index (χ4v) is 3.02. The summed E-state index contributed by atoms with van der Waals surface area (Å²) in [5.41, 5.74) is 4.85. The summed E-state index contributed by atoms with van der Waals surface area (Å²) in [4.78, 5) is 9.23. The quantitative estimate of drug-likeness (QED) is 0.745. The highest BCUT2D eigenvalue weighted by molar-refractivity contribution is 7.98. The summed E-state index contributed by atoms with van der Waals surface area (Å²) in [5, 5.41) is 20.2. The zero-order valence-corrected chi connectivity index (χ0v) is 13.7. The van der Waals surface area contributed by atoms with E-state index in [2.05, 4.69) is 16.0 Å². The van der Waals surface area contributed by atoms with E-state index in [0.717, 1.165) is 33.4 Å². The van der Waals surface area contributed by atoms with Crippen LogP contribution in [-0.4, -0.2) is 21.3 Å². The van der Waals surface area contributed by atoms with Gasteiger partial charge in [0.15, 0.2) is 0 Å². The number of nitrogens with zero attached hydrogens (tertiary/aromatic N) is 3. The molecule has 2 aromatic heterocycles. The van der Waals surface area contributed by atoms with Crippen LogP contribution < -0.4 is 0 Å². The fraction of sp³-hybridized carbons (Fsp3) is 0.167. The summed E-state index contributed by atoms with van der Waals surface area (Å²) in [6.45, 7) is 2.03. The molecule has 0 fully saturated rings. The zero-order valence-electron chi connectivity index (χ0n) is 12.9. The molecule has 0 saturated heterocycles. The Bertz CT molecular complexity index is 931. The van der Waals surface area contributed by atoms with Crippen molar-refractivity contribution in [3.63, 3.8) is 0 Å². The summed E-state index contributed by atoms with van der Waals surface area (Å²) in [7, 11) is 0. The van der Waals surface area contributed by atoms with E-state index in [0.29, 0.717) is 10.6 Å². The van der Waals surface area contributed by atoms with Gasteiger partial charge < -0.3 is 5.11 Å². The molecule has 0 bridgehead atoms. The van der Waals surface area contributed by atoms with Gasteiger partial charge in [-0.25, -0.2) is 9.97 Å². The van der Waals surface area contributed by atoms with Crippen molar-refractivity contribution >= 4 is 22.7 Å². The molecule has 0 radical (unpaired) electrons. The van der Waals surface area contributed by atoms with Crippen LogP contribution in [0, 0.1) is 18.3 Å². The minimum atomic E-state index is -0.00731. The van der Waals surface area contributed by atoms with Crippen molar-refractivity contribution in [1.29, 1.82) is 5.26 Å². The van der Waals surface area contributed by atoms with Crippen molar-refractivity contribution in [1.82, 2.24) is 9.97 Å². The van der Waals surface area contributed by atoms with Crippen molar-refractivity contribution in [2.24, 2.45) is 0 Å². The maximum atomic E-state index is 9.31. The van der Waals surface area contributed by atoms with Crippen LogP contribution in [0.3, 0.4) is 0 Å². The highest BCUT2D eigenvalue weighted by Crippen LogP contribution is 2.26. The van der Waals surface area contributed by atoms with Crippen molar-refractivity contribution in [2.75, 3.05) is 6.26 Å². The third-order valence-corrected chi connectivity index (χ3v) is 4.40. The van der Waals surface area contributed by atoms with E-state index in [-0.39, 0.29) is 6.61 Å². The molecule has 114 valence electrons. The maximum Gasteiger partial charge on any atom is 0.114 e. The molecule has 5 heteroatoms. The molecule has 0 spiro atoms. The number of rotatable bonds is 3. The van der Waals surface area contributed by atoms with Crippen molar-refractivity contribution in [2.45, 2.75) is 18.6 Å². The van der Waals surface area contributed by atoms with Gasteiger partial charge in [0.25, 0.3) is 0 Å². The molecule has 3 aromatic rings. The van der Waals surface area contributed by atoms with Gasteiger partial charge in [-0.15, -0.1) is 11.8 Å². The number of aliphatic hydroxyl groups excluding tert-OH is 1. The van der Waals surface area contributed by atoms with Gasteiger partial charge in [-0.1, -0.05) is 12.1 Å². The van der Waals surface area contributed by atoms with E-state index in [4.69, 9.17) is 5.26 Å². The van der Waals surface area contributed by atoms with Crippen LogP contribution in [0.4, 0.5) is 0 Å². The van der Waals surface area contributed by atoms with Gasteiger partial charge in [0.05, 0.1) is 29.1 Å². The third kappa shape index (κ3) is 2.91. The second-order valence-corrected chi connectivity index (χ2v) is 5.99. The molecule has 0 aliphatic heterocycles. The first-order valence-electron chi connectivity index (χ1n) is 7.13.